The van der Waals surface area contributed by atoms with Crippen molar-refractivity contribution >= 4 is 23.4 Å². The number of amidine groups is 1. The van der Waals surface area contributed by atoms with E-state index >= 15 is 0 Å². The lowest BCUT2D eigenvalue weighted by atomic mass is 10.1. The van der Waals surface area contributed by atoms with E-state index in [1.54, 1.807) is 23.7 Å². The summed E-state index contributed by atoms with van der Waals surface area (Å²) in [5.74, 6) is 0.681. The minimum absolute atomic E-state index is 0.00784. The van der Waals surface area contributed by atoms with E-state index in [2.05, 4.69) is 4.98 Å². The number of nitrogens with one attached hydrogen (secondary N) is 1. The van der Waals surface area contributed by atoms with Gasteiger partial charge in [-0.25, -0.2) is 4.98 Å². The molecule has 0 spiro atoms. The van der Waals surface area contributed by atoms with E-state index in [-0.39, 0.29) is 23.3 Å². The van der Waals surface area contributed by atoms with Crippen LogP contribution in [0.5, 0.6) is 0 Å². The Morgan fingerprint density at radius 2 is 2.10 bits per heavy atom. The molecule has 118 valence electrons. The smallest absolute Gasteiger partial charge is 0.384 e. The molecule has 0 aliphatic heterocycles. The maximum Gasteiger partial charge on any atom is 0.433 e. The van der Waals surface area contributed by atoms with Gasteiger partial charge in [-0.1, -0.05) is 0 Å². The highest BCUT2D eigenvalue weighted by molar-refractivity contribution is 7.98. The van der Waals surface area contributed by atoms with E-state index in [4.69, 9.17) is 11.1 Å². The summed E-state index contributed by atoms with van der Waals surface area (Å²) in [7, 11) is 1.67. The Morgan fingerprint density at radius 1 is 1.48 bits per heavy atom. The van der Waals surface area contributed by atoms with Crippen molar-refractivity contribution in [3.05, 3.63) is 23.4 Å². The molecular weight excluding hydrogens is 301 g/mol. The average Bonchev–Trinajstić information content (AvgIpc) is 2.42. The van der Waals surface area contributed by atoms with Gasteiger partial charge in [0.15, 0.2) is 0 Å². The van der Waals surface area contributed by atoms with Crippen LogP contribution in [0.1, 0.15) is 24.6 Å². The number of aromatic nitrogens is 1. The predicted molar refractivity (Wildman–Crippen MR) is 81.1 cm³/mol. The van der Waals surface area contributed by atoms with E-state index < -0.39 is 11.9 Å². The van der Waals surface area contributed by atoms with Crippen LogP contribution in [-0.4, -0.2) is 35.9 Å². The number of nitrogens with two attached hydrogens (primary N) is 1. The zero-order valence-corrected chi connectivity index (χ0v) is 13.0. The highest BCUT2D eigenvalue weighted by Crippen LogP contribution is 2.31. The molecule has 0 bridgehead atoms. The van der Waals surface area contributed by atoms with Crippen molar-refractivity contribution in [2.24, 2.45) is 5.73 Å². The van der Waals surface area contributed by atoms with Crippen molar-refractivity contribution in [2.45, 2.75) is 25.6 Å². The molecule has 0 aliphatic carbocycles. The Labute approximate surface area is 126 Å². The van der Waals surface area contributed by atoms with Crippen LogP contribution in [0.25, 0.3) is 0 Å². The van der Waals surface area contributed by atoms with Gasteiger partial charge in [-0.2, -0.15) is 24.9 Å². The summed E-state index contributed by atoms with van der Waals surface area (Å²) in [6.07, 6.45) is -1.75. The van der Waals surface area contributed by atoms with Gasteiger partial charge in [-0.05, 0) is 37.5 Å². The third-order valence-electron chi connectivity index (χ3n) is 3.19. The molecule has 3 N–H and O–H groups in total. The first-order valence-electron chi connectivity index (χ1n) is 6.33. The molecule has 0 radical (unpaired) electrons. The molecule has 1 unspecified atom stereocenters. The van der Waals surface area contributed by atoms with Crippen LogP contribution >= 0.6 is 11.8 Å². The molecule has 21 heavy (non-hydrogen) atoms. The van der Waals surface area contributed by atoms with E-state index in [1.807, 2.05) is 13.2 Å². The van der Waals surface area contributed by atoms with Crippen LogP contribution < -0.4 is 10.6 Å². The fourth-order valence-corrected chi connectivity index (χ4v) is 2.35. The third-order valence-corrected chi connectivity index (χ3v) is 3.83. The number of rotatable bonds is 6. The second-order valence-corrected chi connectivity index (χ2v) is 5.71. The quantitative estimate of drug-likeness (QED) is 0.625. The number of nitrogen functional groups attached to an aromatic ring is 1. The number of alkyl halides is 3. The lowest BCUT2D eigenvalue weighted by Gasteiger charge is -2.28. The molecule has 0 amide bonds. The molecule has 0 aromatic carbocycles. The highest BCUT2D eigenvalue weighted by atomic mass is 32.2. The van der Waals surface area contributed by atoms with Crippen LogP contribution in [0.3, 0.4) is 0 Å². The average molecular weight is 320 g/mol. The maximum absolute atomic E-state index is 12.8. The van der Waals surface area contributed by atoms with E-state index in [9.17, 15) is 13.2 Å². The van der Waals surface area contributed by atoms with Gasteiger partial charge >= 0.3 is 6.18 Å². The molecule has 1 atom stereocenters. The molecule has 0 saturated heterocycles. The van der Waals surface area contributed by atoms with Crippen LogP contribution in [0, 0.1) is 5.41 Å². The third kappa shape index (κ3) is 4.52. The molecule has 0 aliphatic rings. The van der Waals surface area contributed by atoms with Gasteiger partial charge in [0.25, 0.3) is 0 Å². The van der Waals surface area contributed by atoms with E-state index in [0.717, 1.165) is 18.2 Å². The Balaban J connectivity index is 3.20. The maximum atomic E-state index is 12.8. The first kappa shape index (κ1) is 17.6. The summed E-state index contributed by atoms with van der Waals surface area (Å²) in [6.45, 7) is 1.90. The van der Waals surface area contributed by atoms with Crippen molar-refractivity contribution in [2.75, 3.05) is 24.0 Å². The summed E-state index contributed by atoms with van der Waals surface area (Å²) in [4.78, 5) is 5.31. The van der Waals surface area contributed by atoms with Crippen molar-refractivity contribution in [1.82, 2.24) is 4.98 Å². The molecule has 1 aromatic heterocycles. The summed E-state index contributed by atoms with van der Waals surface area (Å²) in [6, 6.07) is 2.04. The first-order valence-corrected chi connectivity index (χ1v) is 7.72. The molecule has 4 nitrogen and oxygen atoms in total. The lowest BCUT2D eigenvalue weighted by Crippen LogP contribution is -2.33. The van der Waals surface area contributed by atoms with Crippen LogP contribution in [0.15, 0.2) is 12.1 Å². The van der Waals surface area contributed by atoms with Crippen molar-refractivity contribution in [1.29, 1.82) is 5.41 Å². The van der Waals surface area contributed by atoms with Gasteiger partial charge in [-0.3, -0.25) is 5.41 Å². The van der Waals surface area contributed by atoms with Crippen LogP contribution in [0.4, 0.5) is 19.0 Å². The van der Waals surface area contributed by atoms with Gasteiger partial charge < -0.3 is 10.6 Å². The highest BCUT2D eigenvalue weighted by Gasteiger charge is 2.34. The van der Waals surface area contributed by atoms with Crippen LogP contribution in [-0.2, 0) is 6.18 Å². The Hall–Kier alpha value is -1.44. The molecule has 0 fully saturated rings. The molecule has 1 rings (SSSR count). The number of halogens is 3. The fraction of sp³-hybridized carbons (Fsp3) is 0.538. The first-order chi connectivity index (χ1) is 9.68. The Kier molecular flexibility index (Phi) is 5.88. The summed E-state index contributed by atoms with van der Waals surface area (Å²) < 4.78 is 38.4. The largest absolute Gasteiger partial charge is 0.433 e. The van der Waals surface area contributed by atoms with Gasteiger partial charge in [0, 0.05) is 13.1 Å². The second-order valence-electron chi connectivity index (χ2n) is 4.72. The molecule has 8 heteroatoms. The topological polar surface area (TPSA) is 66.0 Å². The van der Waals surface area contributed by atoms with E-state index in [0.29, 0.717) is 0 Å². The molecule has 1 aromatic rings. The standard InChI is InChI=1S/C13H19F3N4S/c1-8(6-7-21-3)20(2)12-9(11(17)18)4-5-10(19-12)13(14,15)16/h4-5,8H,6-7H2,1-3H3,(H3,17,18). The van der Waals surface area contributed by atoms with Crippen molar-refractivity contribution in [3.63, 3.8) is 0 Å². The van der Waals surface area contributed by atoms with Crippen molar-refractivity contribution < 1.29 is 13.2 Å². The predicted octanol–water partition coefficient (Wildman–Crippen LogP) is 2.96. The number of nitrogens with zero attached hydrogens (tertiary/aromatic N) is 2. The fourth-order valence-electron chi connectivity index (χ4n) is 1.78. The normalized spacial score (nSPS) is 13.0. The van der Waals surface area contributed by atoms with Gasteiger partial charge in [0.2, 0.25) is 0 Å². The van der Waals surface area contributed by atoms with Gasteiger partial charge in [0.1, 0.15) is 17.3 Å². The summed E-state index contributed by atoms with van der Waals surface area (Å²) in [5, 5.41) is 7.50. The summed E-state index contributed by atoms with van der Waals surface area (Å²) >= 11 is 1.67. The molecule has 0 saturated carbocycles. The van der Waals surface area contributed by atoms with Crippen molar-refractivity contribution in [3.8, 4) is 0 Å². The van der Waals surface area contributed by atoms with Gasteiger partial charge in [0.05, 0.1) is 5.56 Å². The number of thioether (sulfide) groups is 1. The second kappa shape index (κ2) is 7.02. The number of anilines is 1. The van der Waals surface area contributed by atoms with Crippen LogP contribution in [0.2, 0.25) is 0 Å². The minimum Gasteiger partial charge on any atom is -0.384 e. The zero-order chi connectivity index (χ0) is 16.2. The lowest BCUT2D eigenvalue weighted by molar-refractivity contribution is -0.141. The molecule has 1 heterocycles. The van der Waals surface area contributed by atoms with Gasteiger partial charge in [-0.15, -0.1) is 0 Å². The zero-order valence-electron chi connectivity index (χ0n) is 12.2. The Morgan fingerprint density at radius 3 is 2.57 bits per heavy atom. The number of hydrogen-bond acceptors (Lipinski definition) is 4. The van der Waals surface area contributed by atoms with E-state index in [1.165, 1.54) is 6.07 Å². The SMILES string of the molecule is CSCCC(C)N(C)c1nc(C(F)(F)F)ccc1C(=N)N. The molecular formula is C13H19F3N4S. The number of pyridine rings is 1. The summed E-state index contributed by atoms with van der Waals surface area (Å²) in [5.41, 5.74) is 4.67. The number of hydrogen-bond donors (Lipinski definition) is 2. The minimum atomic E-state index is -4.52. The monoisotopic (exact) mass is 320 g/mol. The Bertz CT molecular complexity index is 505.